The molecule has 28 heavy (non-hydrogen) atoms. The van der Waals surface area contributed by atoms with Crippen molar-refractivity contribution >= 4 is 18.4 Å². The van der Waals surface area contributed by atoms with Crippen molar-refractivity contribution in [2.24, 2.45) is 15.9 Å². The molecule has 1 aromatic heterocycles. The molecule has 7 nitrogen and oxygen atoms in total. The molecular formula is C21H25N5O2. The lowest BCUT2D eigenvalue weighted by Gasteiger charge is -2.32. The Kier molecular flexibility index (Phi) is 7.26. The van der Waals surface area contributed by atoms with Gasteiger partial charge >= 0.3 is 0 Å². The van der Waals surface area contributed by atoms with Crippen molar-refractivity contribution in [1.82, 2.24) is 9.88 Å². The van der Waals surface area contributed by atoms with Gasteiger partial charge in [0, 0.05) is 19.0 Å². The van der Waals surface area contributed by atoms with Crippen molar-refractivity contribution in [2.75, 3.05) is 19.6 Å². The molecule has 2 aromatic rings. The summed E-state index contributed by atoms with van der Waals surface area (Å²) in [4.78, 5) is 21.5. The maximum Gasteiger partial charge on any atom is 0.298 e. The highest BCUT2D eigenvalue weighted by atomic mass is 16.5. The summed E-state index contributed by atoms with van der Waals surface area (Å²) in [5.74, 6) is 6.60. The molecule has 1 aliphatic heterocycles. The van der Waals surface area contributed by atoms with Crippen molar-refractivity contribution in [3.63, 3.8) is 0 Å². The fourth-order valence-corrected chi connectivity index (χ4v) is 3.40. The van der Waals surface area contributed by atoms with E-state index in [-0.39, 0.29) is 0 Å². The smallest absolute Gasteiger partial charge is 0.298 e. The van der Waals surface area contributed by atoms with E-state index in [0.29, 0.717) is 31.2 Å². The Morgan fingerprint density at radius 2 is 2.11 bits per heavy atom. The molecule has 3 rings (SSSR count). The second-order valence-corrected chi connectivity index (χ2v) is 6.75. The molecule has 0 saturated carbocycles. The van der Waals surface area contributed by atoms with Crippen LogP contribution in [-0.2, 0) is 11.3 Å². The number of hydrazone groups is 1. The lowest BCUT2D eigenvalue weighted by Crippen LogP contribution is -2.37. The van der Waals surface area contributed by atoms with Crippen molar-refractivity contribution in [3.05, 3.63) is 59.9 Å². The van der Waals surface area contributed by atoms with Crippen LogP contribution in [-0.4, -0.2) is 47.9 Å². The number of carbonyl (C=O) groups is 1. The van der Waals surface area contributed by atoms with Crippen LogP contribution in [0.4, 0.5) is 0 Å². The SMILES string of the molecule is NN=C(C=NCc1ccccn1)CN1CCC(c2cccc(OC=O)c2)CC1. The third kappa shape index (κ3) is 5.72. The molecule has 0 unspecified atom stereocenters. The number of aliphatic imine (C=N–C) groups is 1. The maximum atomic E-state index is 10.5. The van der Waals surface area contributed by atoms with Crippen molar-refractivity contribution < 1.29 is 9.53 Å². The van der Waals surface area contributed by atoms with Crippen LogP contribution in [0.25, 0.3) is 0 Å². The minimum atomic E-state index is 0.461. The van der Waals surface area contributed by atoms with E-state index < -0.39 is 0 Å². The molecule has 2 N–H and O–H groups in total. The summed E-state index contributed by atoms with van der Waals surface area (Å²) < 4.78 is 4.96. The van der Waals surface area contributed by atoms with E-state index in [1.807, 2.05) is 30.3 Å². The van der Waals surface area contributed by atoms with Crippen LogP contribution in [0.5, 0.6) is 5.75 Å². The summed E-state index contributed by atoms with van der Waals surface area (Å²) in [5.41, 5.74) is 2.89. The van der Waals surface area contributed by atoms with Gasteiger partial charge in [-0.3, -0.25) is 19.7 Å². The highest BCUT2D eigenvalue weighted by molar-refractivity contribution is 6.31. The van der Waals surface area contributed by atoms with Crippen LogP contribution in [0.3, 0.4) is 0 Å². The second kappa shape index (κ2) is 10.3. The van der Waals surface area contributed by atoms with Crippen LogP contribution < -0.4 is 10.6 Å². The number of hydrogen-bond acceptors (Lipinski definition) is 7. The van der Waals surface area contributed by atoms with Crippen molar-refractivity contribution in [2.45, 2.75) is 25.3 Å². The number of benzene rings is 1. The number of likely N-dealkylation sites (tertiary alicyclic amines) is 1. The normalized spacial score (nSPS) is 16.4. The molecule has 0 aliphatic carbocycles. The molecule has 1 fully saturated rings. The molecule has 1 saturated heterocycles. The fraction of sp³-hybridized carbons (Fsp3) is 0.333. The molecule has 0 spiro atoms. The van der Waals surface area contributed by atoms with E-state index in [1.54, 1.807) is 18.5 Å². The van der Waals surface area contributed by atoms with Crippen molar-refractivity contribution in [3.8, 4) is 5.75 Å². The zero-order valence-electron chi connectivity index (χ0n) is 15.8. The van der Waals surface area contributed by atoms with Gasteiger partial charge in [0.25, 0.3) is 6.47 Å². The van der Waals surface area contributed by atoms with Gasteiger partial charge in [-0.15, -0.1) is 0 Å². The summed E-state index contributed by atoms with van der Waals surface area (Å²) in [6.07, 6.45) is 5.57. The summed E-state index contributed by atoms with van der Waals surface area (Å²) >= 11 is 0. The van der Waals surface area contributed by atoms with Gasteiger partial charge in [-0.2, -0.15) is 5.10 Å². The molecule has 0 bridgehead atoms. The summed E-state index contributed by atoms with van der Waals surface area (Å²) in [5, 5.41) is 3.88. The number of aromatic nitrogens is 1. The predicted octanol–water partition coefficient (Wildman–Crippen LogP) is 2.38. The Labute approximate surface area is 164 Å². The Morgan fingerprint density at radius 3 is 2.82 bits per heavy atom. The van der Waals surface area contributed by atoms with Gasteiger partial charge in [-0.05, 0) is 61.7 Å². The first-order valence-corrected chi connectivity index (χ1v) is 9.37. The van der Waals surface area contributed by atoms with Gasteiger partial charge in [-0.25, -0.2) is 0 Å². The van der Waals surface area contributed by atoms with E-state index in [0.717, 1.165) is 37.3 Å². The molecule has 146 valence electrons. The Hall–Kier alpha value is -3.06. The summed E-state index contributed by atoms with van der Waals surface area (Å²) in [6, 6.07) is 13.5. The number of nitrogens with two attached hydrogens (primary N) is 1. The standard InChI is InChI=1S/C21H25N5O2/c22-25-20(14-23-13-19-5-1-2-9-24-19)15-26-10-7-17(8-11-26)18-4-3-6-21(12-18)28-16-27/h1-6,9,12,14,16-17H,7-8,10-11,13,15,22H2. The van der Waals surface area contributed by atoms with E-state index in [1.165, 1.54) is 5.56 Å². The first kappa shape index (κ1) is 19.7. The minimum absolute atomic E-state index is 0.461. The summed E-state index contributed by atoms with van der Waals surface area (Å²) in [6.45, 7) is 3.57. The predicted molar refractivity (Wildman–Crippen MR) is 110 cm³/mol. The topological polar surface area (TPSA) is 93.2 Å². The largest absolute Gasteiger partial charge is 0.429 e. The Bertz CT molecular complexity index is 815. The average Bonchev–Trinajstić information content (AvgIpc) is 2.75. The van der Waals surface area contributed by atoms with Gasteiger partial charge in [0.15, 0.2) is 0 Å². The number of nitrogens with zero attached hydrogens (tertiary/aromatic N) is 4. The zero-order valence-corrected chi connectivity index (χ0v) is 15.8. The molecular weight excluding hydrogens is 354 g/mol. The zero-order chi connectivity index (χ0) is 19.6. The van der Waals surface area contributed by atoms with Gasteiger partial charge < -0.3 is 10.6 Å². The van der Waals surface area contributed by atoms with Crippen LogP contribution in [0.15, 0.2) is 58.8 Å². The monoisotopic (exact) mass is 379 g/mol. The van der Waals surface area contributed by atoms with Crippen LogP contribution >= 0.6 is 0 Å². The number of ether oxygens (including phenoxy) is 1. The lowest BCUT2D eigenvalue weighted by molar-refractivity contribution is -0.120. The molecule has 1 aromatic carbocycles. The third-order valence-corrected chi connectivity index (χ3v) is 4.87. The number of pyridine rings is 1. The second-order valence-electron chi connectivity index (χ2n) is 6.75. The lowest BCUT2D eigenvalue weighted by atomic mass is 9.89. The Morgan fingerprint density at radius 1 is 1.25 bits per heavy atom. The highest BCUT2D eigenvalue weighted by Crippen LogP contribution is 2.29. The fourth-order valence-electron chi connectivity index (χ4n) is 3.40. The van der Waals surface area contributed by atoms with E-state index >= 15 is 0 Å². The van der Waals surface area contributed by atoms with E-state index in [4.69, 9.17) is 10.6 Å². The minimum Gasteiger partial charge on any atom is -0.429 e. The molecule has 0 atom stereocenters. The van der Waals surface area contributed by atoms with Gasteiger partial charge in [0.1, 0.15) is 5.75 Å². The van der Waals surface area contributed by atoms with Crippen LogP contribution in [0.1, 0.15) is 30.0 Å². The quantitative estimate of drug-likeness (QED) is 0.329. The number of hydrogen-bond donors (Lipinski definition) is 1. The Balaban J connectivity index is 1.49. The number of piperidine rings is 1. The number of carbonyl (C=O) groups excluding carboxylic acids is 1. The first-order chi connectivity index (χ1) is 13.8. The van der Waals surface area contributed by atoms with Crippen LogP contribution in [0.2, 0.25) is 0 Å². The highest BCUT2D eigenvalue weighted by Gasteiger charge is 2.21. The van der Waals surface area contributed by atoms with Gasteiger partial charge in [0.05, 0.1) is 18.0 Å². The summed E-state index contributed by atoms with van der Waals surface area (Å²) in [7, 11) is 0. The van der Waals surface area contributed by atoms with Crippen LogP contribution in [0, 0.1) is 0 Å². The van der Waals surface area contributed by atoms with E-state index in [9.17, 15) is 4.79 Å². The third-order valence-electron chi connectivity index (χ3n) is 4.87. The first-order valence-electron chi connectivity index (χ1n) is 9.37. The number of rotatable bonds is 8. The average molecular weight is 379 g/mol. The van der Waals surface area contributed by atoms with Crippen molar-refractivity contribution in [1.29, 1.82) is 0 Å². The van der Waals surface area contributed by atoms with Gasteiger partial charge in [0.2, 0.25) is 0 Å². The molecule has 7 heteroatoms. The molecule has 0 radical (unpaired) electrons. The molecule has 0 amide bonds. The maximum absolute atomic E-state index is 10.5. The van der Waals surface area contributed by atoms with E-state index in [2.05, 4.69) is 26.0 Å². The molecule has 1 aliphatic rings. The van der Waals surface area contributed by atoms with Gasteiger partial charge in [-0.1, -0.05) is 18.2 Å². The molecule has 2 heterocycles.